The van der Waals surface area contributed by atoms with Crippen molar-refractivity contribution in [3.8, 4) is 22.1 Å². The lowest BCUT2D eigenvalue weighted by Gasteiger charge is -2.10. The van der Waals surface area contributed by atoms with Gasteiger partial charge in [0.15, 0.2) is 11.5 Å². The number of methoxy groups -OCH3 is 2. The fourth-order valence-electron chi connectivity index (χ4n) is 2.54. The normalized spacial score (nSPS) is 10.6. The van der Waals surface area contributed by atoms with Crippen LogP contribution in [0.5, 0.6) is 11.5 Å². The molecule has 0 fully saturated rings. The van der Waals surface area contributed by atoms with Crippen molar-refractivity contribution in [3.63, 3.8) is 0 Å². The second-order valence-electron chi connectivity index (χ2n) is 5.46. The molecule has 7 nitrogen and oxygen atoms in total. The van der Waals surface area contributed by atoms with Gasteiger partial charge in [0.05, 0.1) is 31.2 Å². The highest BCUT2D eigenvalue weighted by atomic mass is 32.1. The Bertz CT molecular complexity index is 912. The van der Waals surface area contributed by atoms with Gasteiger partial charge in [-0.15, -0.1) is 11.3 Å². The number of ether oxygens (including phenoxy) is 3. The molecule has 0 radical (unpaired) electrons. The molecular weight excluding hydrogens is 356 g/mol. The third kappa shape index (κ3) is 3.41. The van der Waals surface area contributed by atoms with Gasteiger partial charge in [0.1, 0.15) is 22.9 Å². The molecule has 0 aliphatic heterocycles. The van der Waals surface area contributed by atoms with Gasteiger partial charge in [0.25, 0.3) is 0 Å². The van der Waals surface area contributed by atoms with Crippen molar-refractivity contribution < 1.29 is 23.5 Å². The van der Waals surface area contributed by atoms with Crippen LogP contribution in [0.2, 0.25) is 0 Å². The largest absolute Gasteiger partial charge is 0.493 e. The number of hydrogen-bond donors (Lipinski definition) is 0. The second-order valence-corrected chi connectivity index (χ2v) is 6.32. The van der Waals surface area contributed by atoms with Gasteiger partial charge in [-0.05, 0) is 26.0 Å². The first-order valence-corrected chi connectivity index (χ1v) is 8.68. The van der Waals surface area contributed by atoms with Crippen LogP contribution in [0.15, 0.2) is 28.1 Å². The van der Waals surface area contributed by atoms with Crippen LogP contribution >= 0.6 is 11.3 Å². The highest BCUT2D eigenvalue weighted by Gasteiger charge is 2.20. The molecule has 1 aromatic carbocycles. The smallest absolute Gasteiger partial charge is 0.344 e. The van der Waals surface area contributed by atoms with Gasteiger partial charge in [0.2, 0.25) is 0 Å². The van der Waals surface area contributed by atoms with Crippen molar-refractivity contribution in [3.05, 3.63) is 46.3 Å². The Balaban J connectivity index is 1.76. The molecular formula is C18H18N2O5S. The van der Waals surface area contributed by atoms with Crippen LogP contribution in [0, 0.1) is 13.8 Å². The summed E-state index contributed by atoms with van der Waals surface area (Å²) in [4.78, 5) is 16.7. The fraction of sp³-hybridized carbons (Fsp3) is 0.278. The van der Waals surface area contributed by atoms with Crippen LogP contribution in [0.1, 0.15) is 27.5 Å². The molecule has 0 aliphatic carbocycles. The first-order valence-electron chi connectivity index (χ1n) is 7.81. The summed E-state index contributed by atoms with van der Waals surface area (Å²) in [5.74, 6) is 1.21. The number of rotatable bonds is 6. The maximum atomic E-state index is 12.2. The molecule has 3 rings (SSSR count). The molecule has 0 spiro atoms. The molecule has 26 heavy (non-hydrogen) atoms. The average molecular weight is 374 g/mol. The molecule has 0 saturated carbocycles. The summed E-state index contributed by atoms with van der Waals surface area (Å²) in [7, 11) is 3.17. The summed E-state index contributed by atoms with van der Waals surface area (Å²) in [6, 6.07) is 5.59. The minimum Gasteiger partial charge on any atom is -0.493 e. The van der Waals surface area contributed by atoms with Crippen molar-refractivity contribution >= 4 is 17.3 Å². The highest BCUT2D eigenvalue weighted by molar-refractivity contribution is 7.13. The van der Waals surface area contributed by atoms with E-state index in [4.69, 9.17) is 18.7 Å². The van der Waals surface area contributed by atoms with Crippen LogP contribution in [-0.4, -0.2) is 30.3 Å². The van der Waals surface area contributed by atoms with E-state index in [-0.39, 0.29) is 6.61 Å². The van der Waals surface area contributed by atoms with Gasteiger partial charge < -0.3 is 18.7 Å². The second kappa shape index (κ2) is 7.57. The topological polar surface area (TPSA) is 83.7 Å². The fourth-order valence-corrected chi connectivity index (χ4v) is 3.36. The number of aromatic nitrogens is 2. The van der Waals surface area contributed by atoms with E-state index in [1.54, 1.807) is 28.1 Å². The zero-order valence-electron chi connectivity index (χ0n) is 14.9. The van der Waals surface area contributed by atoms with Crippen LogP contribution in [-0.2, 0) is 11.3 Å². The van der Waals surface area contributed by atoms with Crippen molar-refractivity contribution in [1.29, 1.82) is 0 Å². The van der Waals surface area contributed by atoms with Crippen LogP contribution in [0.4, 0.5) is 0 Å². The van der Waals surface area contributed by atoms with Crippen LogP contribution in [0.25, 0.3) is 10.6 Å². The van der Waals surface area contributed by atoms with Gasteiger partial charge >= 0.3 is 5.97 Å². The summed E-state index contributed by atoms with van der Waals surface area (Å²) in [6.45, 7) is 3.43. The average Bonchev–Trinajstić information content (AvgIpc) is 3.25. The number of hydrogen-bond acceptors (Lipinski definition) is 8. The molecule has 2 aromatic heterocycles. The minimum atomic E-state index is -0.477. The van der Waals surface area contributed by atoms with Gasteiger partial charge in [-0.3, -0.25) is 0 Å². The molecule has 2 heterocycles. The number of para-hydroxylation sites is 1. The van der Waals surface area contributed by atoms with E-state index < -0.39 is 5.97 Å². The summed E-state index contributed by atoms with van der Waals surface area (Å²) in [6.07, 6.45) is 0. The maximum Gasteiger partial charge on any atom is 0.344 e. The summed E-state index contributed by atoms with van der Waals surface area (Å²) in [5.41, 5.74) is 2.33. The Labute approximate surface area is 154 Å². The van der Waals surface area contributed by atoms with Gasteiger partial charge in [-0.1, -0.05) is 11.2 Å². The Hall–Kier alpha value is -2.87. The molecule has 0 atom stereocenters. The number of carbonyl (C=O) groups is 1. The van der Waals surface area contributed by atoms with Gasteiger partial charge in [-0.25, -0.2) is 9.78 Å². The van der Waals surface area contributed by atoms with E-state index in [0.29, 0.717) is 34.2 Å². The molecule has 0 saturated heterocycles. The van der Waals surface area contributed by atoms with Gasteiger partial charge in [-0.2, -0.15) is 0 Å². The molecule has 8 heteroatoms. The van der Waals surface area contributed by atoms with Crippen molar-refractivity contribution in [2.75, 3.05) is 14.2 Å². The predicted molar refractivity (Wildman–Crippen MR) is 95.8 cm³/mol. The molecule has 0 unspecified atom stereocenters. The molecule has 136 valence electrons. The minimum absolute atomic E-state index is 0.0612. The number of benzene rings is 1. The SMILES string of the molecule is COc1cccc(-c2nc(COC(=O)c3c(C)noc3C)cs2)c1OC. The zero-order valence-corrected chi connectivity index (χ0v) is 15.7. The number of esters is 1. The lowest BCUT2D eigenvalue weighted by atomic mass is 10.2. The number of aryl methyl sites for hydroxylation is 2. The Morgan fingerprint density at radius 3 is 2.69 bits per heavy atom. The number of thiazole rings is 1. The van der Waals surface area contributed by atoms with E-state index in [2.05, 4.69) is 10.1 Å². The lowest BCUT2D eigenvalue weighted by molar-refractivity contribution is 0.0465. The Morgan fingerprint density at radius 1 is 1.23 bits per heavy atom. The van der Waals surface area contributed by atoms with E-state index >= 15 is 0 Å². The third-order valence-electron chi connectivity index (χ3n) is 3.77. The summed E-state index contributed by atoms with van der Waals surface area (Å²) in [5, 5.41) is 6.35. The molecule has 0 bridgehead atoms. The first kappa shape index (κ1) is 17.9. The standard InChI is InChI=1S/C18H18N2O5S/c1-10-15(11(2)25-20-10)18(21)24-8-12-9-26-17(19-12)13-6-5-7-14(22-3)16(13)23-4/h5-7,9H,8H2,1-4H3. The Kier molecular flexibility index (Phi) is 5.22. The number of nitrogens with zero attached hydrogens (tertiary/aromatic N) is 2. The van der Waals surface area contributed by atoms with Crippen molar-refractivity contribution in [2.45, 2.75) is 20.5 Å². The molecule has 0 amide bonds. The first-order chi connectivity index (χ1) is 12.5. The third-order valence-corrected chi connectivity index (χ3v) is 4.70. The zero-order chi connectivity index (χ0) is 18.7. The molecule has 3 aromatic rings. The number of carbonyl (C=O) groups excluding carboxylic acids is 1. The van der Waals surface area contributed by atoms with Crippen molar-refractivity contribution in [1.82, 2.24) is 10.1 Å². The van der Waals surface area contributed by atoms with Crippen molar-refractivity contribution in [2.24, 2.45) is 0 Å². The Morgan fingerprint density at radius 2 is 2.04 bits per heavy atom. The predicted octanol–water partition coefficient (Wildman–Crippen LogP) is 3.79. The maximum absolute atomic E-state index is 12.2. The van der Waals surface area contributed by atoms with Crippen LogP contribution < -0.4 is 9.47 Å². The van der Waals surface area contributed by atoms with Crippen LogP contribution in [0.3, 0.4) is 0 Å². The summed E-state index contributed by atoms with van der Waals surface area (Å²) >= 11 is 1.44. The van der Waals surface area contributed by atoms with E-state index in [1.807, 2.05) is 23.6 Å². The summed E-state index contributed by atoms with van der Waals surface area (Å²) < 4.78 is 21.1. The highest BCUT2D eigenvalue weighted by Crippen LogP contribution is 2.39. The lowest BCUT2D eigenvalue weighted by Crippen LogP contribution is -2.07. The van der Waals surface area contributed by atoms with Gasteiger partial charge in [0, 0.05) is 5.38 Å². The quantitative estimate of drug-likeness (QED) is 0.607. The monoisotopic (exact) mass is 374 g/mol. The van der Waals surface area contributed by atoms with E-state index in [0.717, 1.165) is 10.6 Å². The van der Waals surface area contributed by atoms with E-state index in [9.17, 15) is 4.79 Å². The molecule has 0 N–H and O–H groups in total. The molecule has 0 aliphatic rings. The van der Waals surface area contributed by atoms with E-state index in [1.165, 1.54) is 11.3 Å².